The molecule has 7 heteroatoms. The summed E-state index contributed by atoms with van der Waals surface area (Å²) >= 11 is 6.11. The Morgan fingerprint density at radius 2 is 1.71 bits per heavy atom. The normalized spacial score (nSPS) is 14.7. The van der Waals surface area contributed by atoms with Gasteiger partial charge in [-0.2, -0.15) is 10.1 Å². The molecule has 1 aliphatic rings. The van der Waals surface area contributed by atoms with Gasteiger partial charge in [-0.1, -0.05) is 47.5 Å². The molecule has 2 aromatic carbocycles. The summed E-state index contributed by atoms with van der Waals surface area (Å²) < 4.78 is 1.47. The highest BCUT2D eigenvalue weighted by Gasteiger charge is 2.17. The first kappa shape index (κ1) is 21.5. The van der Waals surface area contributed by atoms with Crippen LogP contribution in [-0.2, 0) is 6.54 Å². The minimum Gasteiger partial charge on any atom is -0.369 e. The van der Waals surface area contributed by atoms with E-state index in [4.69, 9.17) is 11.6 Å². The van der Waals surface area contributed by atoms with Crippen molar-refractivity contribution < 1.29 is 0 Å². The van der Waals surface area contributed by atoms with E-state index < -0.39 is 0 Å². The number of aromatic nitrogens is 3. The van der Waals surface area contributed by atoms with Gasteiger partial charge in [-0.05, 0) is 44.5 Å². The number of nitrogens with zero attached hydrogens (tertiary/aromatic N) is 5. The quantitative estimate of drug-likeness (QED) is 0.525. The lowest BCUT2D eigenvalue weighted by molar-refractivity contribution is 0.250. The summed E-state index contributed by atoms with van der Waals surface area (Å²) in [6.07, 6.45) is 3.62. The lowest BCUT2D eigenvalue weighted by Gasteiger charge is -2.36. The number of piperazine rings is 1. The van der Waals surface area contributed by atoms with E-state index in [0.29, 0.717) is 12.2 Å². The Labute approximate surface area is 188 Å². The van der Waals surface area contributed by atoms with Crippen molar-refractivity contribution in [1.29, 1.82) is 0 Å². The van der Waals surface area contributed by atoms with Gasteiger partial charge in [-0.15, -0.1) is 0 Å². The summed E-state index contributed by atoms with van der Waals surface area (Å²) in [5.41, 5.74) is 3.63. The number of aryl methyl sites for hydroxylation is 2. The van der Waals surface area contributed by atoms with E-state index in [1.54, 1.807) is 6.20 Å². The summed E-state index contributed by atoms with van der Waals surface area (Å²) in [6.45, 7) is 7.76. The van der Waals surface area contributed by atoms with Crippen LogP contribution in [0.25, 0.3) is 11.3 Å². The maximum Gasteiger partial charge on any atom is 0.364 e. The fraction of sp³-hybridized carbons (Fsp3) is 0.375. The van der Waals surface area contributed by atoms with Crippen LogP contribution >= 0.6 is 11.6 Å². The second-order valence-electron chi connectivity index (χ2n) is 8.03. The number of halogens is 1. The van der Waals surface area contributed by atoms with Gasteiger partial charge in [-0.3, -0.25) is 4.90 Å². The molecular weight excluding hydrogens is 410 g/mol. The first-order valence-electron chi connectivity index (χ1n) is 10.8. The molecule has 2 heterocycles. The molecule has 0 unspecified atom stereocenters. The largest absolute Gasteiger partial charge is 0.369 e. The van der Waals surface area contributed by atoms with Crippen LogP contribution in [-0.4, -0.2) is 52.4 Å². The molecule has 162 valence electrons. The van der Waals surface area contributed by atoms with Gasteiger partial charge < -0.3 is 4.90 Å². The number of hydrogen-bond acceptors (Lipinski definition) is 5. The Morgan fingerprint density at radius 1 is 0.968 bits per heavy atom. The van der Waals surface area contributed by atoms with Gasteiger partial charge in [0.25, 0.3) is 0 Å². The zero-order chi connectivity index (χ0) is 21.6. The van der Waals surface area contributed by atoms with Crippen LogP contribution < -0.4 is 10.6 Å². The predicted molar refractivity (Wildman–Crippen MR) is 126 cm³/mol. The van der Waals surface area contributed by atoms with Gasteiger partial charge in [0.05, 0.1) is 11.9 Å². The smallest absolute Gasteiger partial charge is 0.364 e. The van der Waals surface area contributed by atoms with Crippen molar-refractivity contribution in [3.63, 3.8) is 0 Å². The molecule has 1 saturated heterocycles. The van der Waals surface area contributed by atoms with Crippen molar-refractivity contribution in [2.75, 3.05) is 37.6 Å². The maximum atomic E-state index is 12.3. The number of rotatable bonds is 7. The Balaban J connectivity index is 1.21. The van der Waals surface area contributed by atoms with Crippen LogP contribution in [0.2, 0.25) is 5.02 Å². The van der Waals surface area contributed by atoms with Crippen molar-refractivity contribution in [2.24, 2.45) is 0 Å². The molecule has 0 N–H and O–H groups in total. The monoisotopic (exact) mass is 437 g/mol. The average molecular weight is 438 g/mol. The lowest BCUT2D eigenvalue weighted by atomic mass is 10.1. The standard InChI is InChI=1S/C24H28ClN5O/c1-19-7-9-20(10-8-19)23-18-26-30(24(31)27-23)12-3-2-11-28-13-15-29(16-14-28)22-6-4-5-21(25)17-22/h4-10,17-18H,2-3,11-16H2,1H3. The van der Waals surface area contributed by atoms with Gasteiger partial charge in [0, 0.05) is 49.0 Å². The van der Waals surface area contributed by atoms with Crippen LogP contribution in [0.1, 0.15) is 18.4 Å². The highest BCUT2D eigenvalue weighted by Crippen LogP contribution is 2.21. The molecule has 0 amide bonds. The predicted octanol–water partition coefficient (Wildman–Crippen LogP) is 3.87. The van der Waals surface area contributed by atoms with Crippen LogP contribution in [0.4, 0.5) is 5.69 Å². The molecule has 1 aliphatic heterocycles. The van der Waals surface area contributed by atoms with Crippen LogP contribution in [0, 0.1) is 6.92 Å². The second kappa shape index (κ2) is 10.1. The number of anilines is 1. The Morgan fingerprint density at radius 3 is 2.42 bits per heavy atom. The fourth-order valence-corrected chi connectivity index (χ4v) is 4.06. The lowest BCUT2D eigenvalue weighted by Crippen LogP contribution is -2.46. The van der Waals surface area contributed by atoms with Gasteiger partial charge in [-0.25, -0.2) is 9.48 Å². The molecule has 0 radical (unpaired) electrons. The highest BCUT2D eigenvalue weighted by molar-refractivity contribution is 6.30. The van der Waals surface area contributed by atoms with E-state index in [9.17, 15) is 4.79 Å². The summed E-state index contributed by atoms with van der Waals surface area (Å²) in [6, 6.07) is 16.0. The molecular formula is C24H28ClN5O. The summed E-state index contributed by atoms with van der Waals surface area (Å²) in [4.78, 5) is 21.4. The number of unbranched alkanes of at least 4 members (excludes halogenated alkanes) is 1. The topological polar surface area (TPSA) is 54.3 Å². The molecule has 0 spiro atoms. The minimum absolute atomic E-state index is 0.284. The minimum atomic E-state index is -0.284. The van der Waals surface area contributed by atoms with Crippen molar-refractivity contribution in [2.45, 2.75) is 26.3 Å². The second-order valence-corrected chi connectivity index (χ2v) is 8.47. The Bertz CT molecular complexity index is 1060. The van der Waals surface area contributed by atoms with Gasteiger partial charge in [0.2, 0.25) is 0 Å². The maximum absolute atomic E-state index is 12.3. The van der Waals surface area contributed by atoms with Crippen LogP contribution in [0.5, 0.6) is 0 Å². The van der Waals surface area contributed by atoms with Crippen molar-refractivity contribution in [3.05, 3.63) is 75.8 Å². The molecule has 3 aromatic rings. The molecule has 0 aliphatic carbocycles. The molecule has 0 saturated carbocycles. The van der Waals surface area contributed by atoms with Gasteiger partial charge >= 0.3 is 5.69 Å². The van der Waals surface area contributed by atoms with E-state index >= 15 is 0 Å². The van der Waals surface area contributed by atoms with E-state index in [1.165, 1.54) is 15.9 Å². The average Bonchev–Trinajstić information content (AvgIpc) is 2.78. The highest BCUT2D eigenvalue weighted by atomic mass is 35.5. The first-order chi connectivity index (χ1) is 15.1. The first-order valence-corrected chi connectivity index (χ1v) is 11.2. The molecule has 4 rings (SSSR count). The zero-order valence-corrected chi connectivity index (χ0v) is 18.6. The van der Waals surface area contributed by atoms with Crippen molar-refractivity contribution in [1.82, 2.24) is 19.7 Å². The third-order valence-electron chi connectivity index (χ3n) is 5.74. The van der Waals surface area contributed by atoms with E-state index in [0.717, 1.165) is 56.2 Å². The molecule has 0 bridgehead atoms. The van der Waals surface area contributed by atoms with E-state index in [1.807, 2.05) is 49.4 Å². The fourth-order valence-electron chi connectivity index (χ4n) is 3.88. The van der Waals surface area contributed by atoms with Gasteiger partial charge in [0.15, 0.2) is 0 Å². The molecule has 1 fully saturated rings. The van der Waals surface area contributed by atoms with E-state index in [-0.39, 0.29) is 5.69 Å². The van der Waals surface area contributed by atoms with Crippen molar-refractivity contribution in [3.8, 4) is 11.3 Å². The number of hydrogen-bond donors (Lipinski definition) is 0. The Kier molecular flexibility index (Phi) is 6.99. The van der Waals surface area contributed by atoms with E-state index in [2.05, 4.69) is 25.9 Å². The zero-order valence-electron chi connectivity index (χ0n) is 17.9. The molecule has 6 nitrogen and oxygen atoms in total. The third-order valence-corrected chi connectivity index (χ3v) is 5.98. The van der Waals surface area contributed by atoms with Gasteiger partial charge in [0.1, 0.15) is 0 Å². The van der Waals surface area contributed by atoms with Crippen LogP contribution in [0.15, 0.2) is 59.5 Å². The third kappa shape index (κ3) is 5.71. The summed E-state index contributed by atoms with van der Waals surface area (Å²) in [5.74, 6) is 0. The molecule has 31 heavy (non-hydrogen) atoms. The summed E-state index contributed by atoms with van der Waals surface area (Å²) in [7, 11) is 0. The molecule has 0 atom stereocenters. The Hall–Kier alpha value is -2.70. The molecule has 1 aromatic heterocycles. The SMILES string of the molecule is Cc1ccc(-c2cnn(CCCCN3CCN(c4cccc(Cl)c4)CC3)c(=O)n2)cc1. The number of benzene rings is 2. The van der Waals surface area contributed by atoms with Crippen molar-refractivity contribution >= 4 is 17.3 Å². The van der Waals surface area contributed by atoms with Crippen LogP contribution in [0.3, 0.4) is 0 Å². The summed E-state index contributed by atoms with van der Waals surface area (Å²) in [5, 5.41) is 5.11.